The minimum Gasteiger partial charge on any atom is -0.294 e. The fourth-order valence-electron chi connectivity index (χ4n) is 2.03. The van der Waals surface area contributed by atoms with E-state index in [0.29, 0.717) is 11.0 Å². The van der Waals surface area contributed by atoms with Gasteiger partial charge in [-0.2, -0.15) is 0 Å². The van der Waals surface area contributed by atoms with E-state index in [1.165, 1.54) is 11.8 Å². The quantitative estimate of drug-likeness (QED) is 0.318. The summed E-state index contributed by atoms with van der Waals surface area (Å²) in [7, 11) is 0. The number of nitrogens with zero attached hydrogens (tertiary/aromatic N) is 4. The number of benzene rings is 1. The maximum atomic E-state index is 11.4. The first-order chi connectivity index (χ1) is 11.3. The van der Waals surface area contributed by atoms with Crippen LogP contribution < -0.4 is 11.3 Å². The van der Waals surface area contributed by atoms with Crippen molar-refractivity contribution >= 4 is 17.7 Å². The Bertz CT molecular complexity index is 790. The molecule has 0 aliphatic carbocycles. The summed E-state index contributed by atoms with van der Waals surface area (Å²) in [6.07, 6.45) is 3.43. The molecular formula is C15H14N6OS. The summed E-state index contributed by atoms with van der Waals surface area (Å²) in [5.74, 6) is 5.67. The number of nitrogens with one attached hydrogen (secondary N) is 1. The van der Waals surface area contributed by atoms with Crippen molar-refractivity contribution in [1.29, 1.82) is 0 Å². The van der Waals surface area contributed by atoms with Gasteiger partial charge in [-0.1, -0.05) is 30.0 Å². The largest absolute Gasteiger partial charge is 0.294 e. The second-order valence-corrected chi connectivity index (χ2v) is 5.52. The van der Waals surface area contributed by atoms with Crippen LogP contribution in [0.25, 0.3) is 17.1 Å². The second kappa shape index (κ2) is 7.03. The number of aromatic nitrogens is 4. The third kappa shape index (κ3) is 3.38. The van der Waals surface area contributed by atoms with Gasteiger partial charge in [0, 0.05) is 23.6 Å². The Morgan fingerprint density at radius 2 is 2.00 bits per heavy atom. The van der Waals surface area contributed by atoms with E-state index in [1.54, 1.807) is 12.4 Å². The normalized spacial score (nSPS) is 10.5. The molecule has 7 nitrogen and oxygen atoms in total. The van der Waals surface area contributed by atoms with Gasteiger partial charge in [0.15, 0.2) is 11.0 Å². The van der Waals surface area contributed by atoms with E-state index >= 15 is 0 Å². The summed E-state index contributed by atoms with van der Waals surface area (Å²) in [5, 5.41) is 9.07. The zero-order valence-electron chi connectivity index (χ0n) is 12.1. The highest BCUT2D eigenvalue weighted by atomic mass is 32.2. The minimum absolute atomic E-state index is 0.161. The first-order valence-electron chi connectivity index (χ1n) is 6.83. The van der Waals surface area contributed by atoms with Crippen molar-refractivity contribution in [3.8, 4) is 17.1 Å². The predicted molar refractivity (Wildman–Crippen MR) is 87.6 cm³/mol. The van der Waals surface area contributed by atoms with E-state index in [-0.39, 0.29) is 11.7 Å². The SMILES string of the molecule is NNC(=O)CSc1nnc(-c2cccnc2)n1-c1ccccc1. The van der Waals surface area contributed by atoms with Crippen molar-refractivity contribution in [2.24, 2.45) is 5.84 Å². The van der Waals surface area contributed by atoms with Crippen LogP contribution in [0.5, 0.6) is 0 Å². The summed E-state index contributed by atoms with van der Waals surface area (Å²) in [6, 6.07) is 13.5. The van der Waals surface area contributed by atoms with E-state index < -0.39 is 0 Å². The number of thioether (sulfide) groups is 1. The van der Waals surface area contributed by atoms with Crippen LogP contribution in [-0.2, 0) is 4.79 Å². The number of rotatable bonds is 5. The minimum atomic E-state index is -0.277. The zero-order valence-corrected chi connectivity index (χ0v) is 12.9. The molecule has 1 amide bonds. The van der Waals surface area contributed by atoms with Gasteiger partial charge >= 0.3 is 0 Å². The van der Waals surface area contributed by atoms with Crippen LogP contribution in [0.3, 0.4) is 0 Å². The highest BCUT2D eigenvalue weighted by molar-refractivity contribution is 7.99. The molecule has 0 aliphatic heterocycles. The van der Waals surface area contributed by atoms with Gasteiger partial charge in [0.05, 0.1) is 5.75 Å². The molecule has 0 saturated heterocycles. The number of pyridine rings is 1. The number of para-hydroxylation sites is 1. The number of carbonyl (C=O) groups is 1. The monoisotopic (exact) mass is 326 g/mol. The Hall–Kier alpha value is -2.71. The van der Waals surface area contributed by atoms with Gasteiger partial charge in [-0.05, 0) is 24.3 Å². The molecule has 0 unspecified atom stereocenters. The van der Waals surface area contributed by atoms with Gasteiger partial charge in [-0.25, -0.2) is 5.84 Å². The van der Waals surface area contributed by atoms with E-state index in [9.17, 15) is 4.79 Å². The molecule has 0 atom stereocenters. The van der Waals surface area contributed by atoms with Crippen LogP contribution >= 0.6 is 11.8 Å². The molecule has 0 fully saturated rings. The highest BCUT2D eigenvalue weighted by Crippen LogP contribution is 2.27. The lowest BCUT2D eigenvalue weighted by Gasteiger charge is -2.09. The molecule has 0 aliphatic rings. The summed E-state index contributed by atoms with van der Waals surface area (Å²) < 4.78 is 1.89. The van der Waals surface area contributed by atoms with Crippen LogP contribution in [0.2, 0.25) is 0 Å². The molecule has 8 heteroatoms. The fourth-order valence-corrected chi connectivity index (χ4v) is 2.79. The van der Waals surface area contributed by atoms with E-state index in [0.717, 1.165) is 11.3 Å². The number of hydrogen-bond donors (Lipinski definition) is 2. The zero-order chi connectivity index (χ0) is 16.1. The van der Waals surface area contributed by atoms with Crippen molar-refractivity contribution in [3.05, 3.63) is 54.9 Å². The van der Waals surface area contributed by atoms with Gasteiger partial charge in [0.1, 0.15) is 0 Å². The van der Waals surface area contributed by atoms with Crippen LogP contribution in [-0.4, -0.2) is 31.4 Å². The van der Waals surface area contributed by atoms with E-state index in [2.05, 4.69) is 20.6 Å². The van der Waals surface area contributed by atoms with Crippen LogP contribution in [0.1, 0.15) is 0 Å². The fraction of sp³-hybridized carbons (Fsp3) is 0.0667. The summed E-state index contributed by atoms with van der Waals surface area (Å²) in [6.45, 7) is 0. The maximum absolute atomic E-state index is 11.4. The first-order valence-corrected chi connectivity index (χ1v) is 7.81. The molecule has 3 N–H and O–H groups in total. The van der Waals surface area contributed by atoms with Crippen LogP contribution in [0.4, 0.5) is 0 Å². The molecule has 23 heavy (non-hydrogen) atoms. The number of nitrogens with two attached hydrogens (primary N) is 1. The Morgan fingerprint density at radius 1 is 1.17 bits per heavy atom. The third-order valence-corrected chi connectivity index (χ3v) is 3.99. The average Bonchev–Trinajstić information content (AvgIpc) is 3.05. The van der Waals surface area contributed by atoms with Crippen molar-refractivity contribution in [3.63, 3.8) is 0 Å². The summed E-state index contributed by atoms with van der Waals surface area (Å²) in [5.41, 5.74) is 3.86. The molecule has 2 aromatic heterocycles. The van der Waals surface area contributed by atoms with Crippen molar-refractivity contribution in [2.45, 2.75) is 5.16 Å². The molecule has 0 radical (unpaired) electrons. The Kier molecular flexibility index (Phi) is 4.65. The molecule has 0 bridgehead atoms. The van der Waals surface area contributed by atoms with Crippen LogP contribution in [0, 0.1) is 0 Å². The van der Waals surface area contributed by atoms with Crippen LogP contribution in [0.15, 0.2) is 60.0 Å². The van der Waals surface area contributed by atoms with Gasteiger partial charge in [-0.15, -0.1) is 10.2 Å². The smallest absolute Gasteiger partial charge is 0.244 e. The maximum Gasteiger partial charge on any atom is 0.244 e. The van der Waals surface area contributed by atoms with Gasteiger partial charge < -0.3 is 0 Å². The van der Waals surface area contributed by atoms with Crippen molar-refractivity contribution in [1.82, 2.24) is 25.2 Å². The Balaban J connectivity index is 2.04. The Labute approximate surface area is 136 Å². The highest BCUT2D eigenvalue weighted by Gasteiger charge is 2.16. The van der Waals surface area contributed by atoms with Gasteiger partial charge in [0.25, 0.3) is 0 Å². The molecule has 116 valence electrons. The Morgan fingerprint density at radius 3 is 2.70 bits per heavy atom. The topological polar surface area (TPSA) is 98.7 Å². The second-order valence-electron chi connectivity index (χ2n) is 4.58. The molecule has 1 aromatic carbocycles. The third-order valence-electron chi connectivity index (χ3n) is 3.06. The average molecular weight is 326 g/mol. The lowest BCUT2D eigenvalue weighted by atomic mass is 10.2. The molecule has 0 saturated carbocycles. The number of hydrazine groups is 1. The van der Waals surface area contributed by atoms with E-state index in [1.807, 2.05) is 47.0 Å². The van der Waals surface area contributed by atoms with Gasteiger partial charge in [0.2, 0.25) is 5.91 Å². The molecule has 3 rings (SSSR count). The number of carbonyl (C=O) groups excluding carboxylic acids is 1. The summed E-state index contributed by atoms with van der Waals surface area (Å²) >= 11 is 1.27. The number of amides is 1. The molecule has 3 aromatic rings. The predicted octanol–water partition coefficient (Wildman–Crippen LogP) is 1.41. The standard InChI is InChI=1S/C15H14N6OS/c16-18-13(22)10-23-15-20-19-14(11-5-4-8-17-9-11)21(15)12-6-2-1-3-7-12/h1-9H,10,16H2,(H,18,22). The van der Waals surface area contributed by atoms with Crippen molar-refractivity contribution in [2.75, 3.05) is 5.75 Å². The van der Waals surface area contributed by atoms with Crippen molar-refractivity contribution < 1.29 is 4.79 Å². The molecule has 0 spiro atoms. The number of hydrogen-bond acceptors (Lipinski definition) is 6. The molecule has 2 heterocycles. The first kappa shape index (κ1) is 15.2. The van der Waals surface area contributed by atoms with Gasteiger partial charge in [-0.3, -0.25) is 19.8 Å². The van der Waals surface area contributed by atoms with E-state index in [4.69, 9.17) is 5.84 Å². The summed E-state index contributed by atoms with van der Waals surface area (Å²) in [4.78, 5) is 15.5. The molecular weight excluding hydrogens is 312 g/mol. The lowest BCUT2D eigenvalue weighted by molar-refractivity contribution is -0.118. The lowest BCUT2D eigenvalue weighted by Crippen LogP contribution is -2.31.